The SMILES string of the molecule is CNC(C)c1c(C(C)C)cccc1C(C)C. The maximum atomic E-state index is 3.37. The number of hydrogen-bond donors (Lipinski definition) is 1. The van der Waals surface area contributed by atoms with Gasteiger partial charge in [0.05, 0.1) is 0 Å². The zero-order valence-electron chi connectivity index (χ0n) is 11.5. The van der Waals surface area contributed by atoms with Crippen LogP contribution in [-0.2, 0) is 0 Å². The molecule has 1 nitrogen and oxygen atoms in total. The highest BCUT2D eigenvalue weighted by atomic mass is 14.9. The highest BCUT2D eigenvalue weighted by Crippen LogP contribution is 2.31. The van der Waals surface area contributed by atoms with Crippen LogP contribution >= 0.6 is 0 Å². The van der Waals surface area contributed by atoms with Crippen LogP contribution < -0.4 is 5.32 Å². The molecular formula is C15H25N. The van der Waals surface area contributed by atoms with Crippen LogP contribution in [0, 0.1) is 0 Å². The lowest BCUT2D eigenvalue weighted by molar-refractivity contribution is 0.623. The minimum Gasteiger partial charge on any atom is -0.313 e. The second-order valence-corrected chi connectivity index (χ2v) is 5.17. The molecule has 16 heavy (non-hydrogen) atoms. The Hall–Kier alpha value is -0.820. The lowest BCUT2D eigenvalue weighted by Crippen LogP contribution is -2.17. The Bertz CT molecular complexity index is 313. The summed E-state index contributed by atoms with van der Waals surface area (Å²) >= 11 is 0. The molecule has 0 fully saturated rings. The van der Waals surface area contributed by atoms with Gasteiger partial charge in [-0.3, -0.25) is 0 Å². The Kier molecular flexibility index (Phi) is 4.55. The summed E-state index contributed by atoms with van der Waals surface area (Å²) in [6, 6.07) is 7.15. The average molecular weight is 219 g/mol. The Morgan fingerprint density at radius 2 is 1.31 bits per heavy atom. The van der Waals surface area contributed by atoms with Gasteiger partial charge in [-0.05, 0) is 42.5 Å². The van der Waals surface area contributed by atoms with Gasteiger partial charge in [-0.1, -0.05) is 45.9 Å². The van der Waals surface area contributed by atoms with Crippen LogP contribution in [0.5, 0.6) is 0 Å². The van der Waals surface area contributed by atoms with Crippen LogP contribution in [-0.4, -0.2) is 7.05 Å². The third-order valence-electron chi connectivity index (χ3n) is 3.28. The predicted molar refractivity (Wildman–Crippen MR) is 72.1 cm³/mol. The van der Waals surface area contributed by atoms with Crippen molar-refractivity contribution < 1.29 is 0 Å². The lowest BCUT2D eigenvalue weighted by Gasteiger charge is -2.24. The zero-order chi connectivity index (χ0) is 12.3. The highest BCUT2D eigenvalue weighted by molar-refractivity contribution is 5.41. The predicted octanol–water partition coefficient (Wildman–Crippen LogP) is 4.21. The molecule has 0 radical (unpaired) electrons. The molecule has 0 spiro atoms. The first-order chi connectivity index (χ1) is 7.49. The maximum absolute atomic E-state index is 3.37. The van der Waals surface area contributed by atoms with Crippen LogP contribution in [0.4, 0.5) is 0 Å². The van der Waals surface area contributed by atoms with Crippen LogP contribution in [0.2, 0.25) is 0 Å². The van der Waals surface area contributed by atoms with Crippen LogP contribution in [0.15, 0.2) is 18.2 Å². The second-order valence-electron chi connectivity index (χ2n) is 5.17. The molecule has 0 amide bonds. The highest BCUT2D eigenvalue weighted by Gasteiger charge is 2.17. The number of hydrogen-bond acceptors (Lipinski definition) is 1. The van der Waals surface area contributed by atoms with Gasteiger partial charge in [0.1, 0.15) is 0 Å². The summed E-state index contributed by atoms with van der Waals surface area (Å²) in [4.78, 5) is 0. The van der Waals surface area contributed by atoms with Crippen molar-refractivity contribution in [3.05, 3.63) is 34.9 Å². The zero-order valence-corrected chi connectivity index (χ0v) is 11.5. The molecule has 1 heteroatoms. The molecule has 0 bridgehead atoms. The summed E-state index contributed by atoms with van der Waals surface area (Å²) in [6.45, 7) is 11.3. The van der Waals surface area contributed by atoms with E-state index in [1.807, 2.05) is 7.05 Å². The third-order valence-corrected chi connectivity index (χ3v) is 3.28. The first-order valence-corrected chi connectivity index (χ1v) is 6.29. The Labute approximate surface area is 100 Å². The van der Waals surface area contributed by atoms with Gasteiger partial charge in [0.25, 0.3) is 0 Å². The van der Waals surface area contributed by atoms with Gasteiger partial charge in [0, 0.05) is 6.04 Å². The van der Waals surface area contributed by atoms with Gasteiger partial charge in [-0.25, -0.2) is 0 Å². The van der Waals surface area contributed by atoms with Gasteiger partial charge < -0.3 is 5.32 Å². The van der Waals surface area contributed by atoms with Crippen molar-refractivity contribution in [3.8, 4) is 0 Å². The molecule has 1 aromatic rings. The molecule has 0 saturated heterocycles. The standard InChI is InChI=1S/C15H25N/c1-10(2)13-8-7-9-14(11(3)4)15(13)12(5)16-6/h7-12,16H,1-6H3. The summed E-state index contributed by atoms with van der Waals surface area (Å²) in [5.74, 6) is 1.17. The lowest BCUT2D eigenvalue weighted by atomic mass is 9.85. The molecule has 0 heterocycles. The van der Waals surface area contributed by atoms with E-state index < -0.39 is 0 Å². The summed E-state index contributed by atoms with van der Waals surface area (Å²) in [5.41, 5.74) is 4.45. The van der Waals surface area contributed by atoms with Crippen molar-refractivity contribution in [2.24, 2.45) is 0 Å². The van der Waals surface area contributed by atoms with Gasteiger partial charge in [0.15, 0.2) is 0 Å². The molecule has 0 aromatic heterocycles. The van der Waals surface area contributed by atoms with Crippen molar-refractivity contribution in [3.63, 3.8) is 0 Å². The van der Waals surface area contributed by atoms with E-state index in [9.17, 15) is 0 Å². The quantitative estimate of drug-likeness (QED) is 0.799. The van der Waals surface area contributed by atoms with E-state index in [1.54, 1.807) is 0 Å². The van der Waals surface area contributed by atoms with Gasteiger partial charge in [-0.15, -0.1) is 0 Å². The first kappa shape index (κ1) is 13.2. The van der Waals surface area contributed by atoms with Crippen molar-refractivity contribution in [1.82, 2.24) is 5.32 Å². The third kappa shape index (κ3) is 2.65. The van der Waals surface area contributed by atoms with E-state index in [2.05, 4.69) is 58.1 Å². The minimum absolute atomic E-state index is 0.427. The Morgan fingerprint density at radius 3 is 1.62 bits per heavy atom. The van der Waals surface area contributed by atoms with E-state index in [-0.39, 0.29) is 0 Å². The van der Waals surface area contributed by atoms with E-state index >= 15 is 0 Å². The van der Waals surface area contributed by atoms with Crippen LogP contribution in [0.1, 0.15) is 69.2 Å². The smallest absolute Gasteiger partial charge is 0.0294 e. The topological polar surface area (TPSA) is 12.0 Å². The largest absolute Gasteiger partial charge is 0.313 e. The van der Waals surface area contributed by atoms with Gasteiger partial charge >= 0.3 is 0 Å². The molecule has 90 valence electrons. The molecule has 1 N–H and O–H groups in total. The molecule has 0 aliphatic heterocycles. The summed E-state index contributed by atoms with van der Waals surface area (Å²) in [6.07, 6.45) is 0. The van der Waals surface area contributed by atoms with Crippen molar-refractivity contribution in [2.45, 2.75) is 52.5 Å². The number of benzene rings is 1. The van der Waals surface area contributed by atoms with Crippen molar-refractivity contribution in [1.29, 1.82) is 0 Å². The fourth-order valence-electron chi connectivity index (χ4n) is 2.25. The van der Waals surface area contributed by atoms with Crippen LogP contribution in [0.3, 0.4) is 0 Å². The van der Waals surface area contributed by atoms with E-state index in [4.69, 9.17) is 0 Å². The molecule has 0 saturated carbocycles. The Balaban J connectivity index is 3.34. The number of rotatable bonds is 4. The fourth-order valence-corrected chi connectivity index (χ4v) is 2.25. The van der Waals surface area contributed by atoms with Crippen molar-refractivity contribution in [2.75, 3.05) is 7.05 Å². The van der Waals surface area contributed by atoms with E-state index in [1.165, 1.54) is 16.7 Å². The molecule has 1 aromatic carbocycles. The van der Waals surface area contributed by atoms with Gasteiger partial charge in [0.2, 0.25) is 0 Å². The van der Waals surface area contributed by atoms with Crippen molar-refractivity contribution >= 4 is 0 Å². The minimum atomic E-state index is 0.427. The van der Waals surface area contributed by atoms with E-state index in [0.717, 1.165) is 0 Å². The molecular weight excluding hydrogens is 194 g/mol. The second kappa shape index (κ2) is 5.49. The van der Waals surface area contributed by atoms with Gasteiger partial charge in [-0.2, -0.15) is 0 Å². The monoisotopic (exact) mass is 219 g/mol. The fraction of sp³-hybridized carbons (Fsp3) is 0.600. The molecule has 1 rings (SSSR count). The summed E-state index contributed by atoms with van der Waals surface area (Å²) < 4.78 is 0. The van der Waals surface area contributed by atoms with Crippen LogP contribution in [0.25, 0.3) is 0 Å². The average Bonchev–Trinajstić information content (AvgIpc) is 2.26. The first-order valence-electron chi connectivity index (χ1n) is 6.29. The summed E-state index contributed by atoms with van der Waals surface area (Å²) in [7, 11) is 2.03. The molecule has 1 unspecified atom stereocenters. The molecule has 1 atom stereocenters. The molecule has 0 aliphatic carbocycles. The molecule has 0 aliphatic rings. The Morgan fingerprint density at radius 1 is 0.875 bits per heavy atom. The maximum Gasteiger partial charge on any atom is 0.0294 e. The normalized spacial score (nSPS) is 13.5. The number of nitrogens with one attached hydrogen (secondary N) is 1. The summed E-state index contributed by atoms with van der Waals surface area (Å²) in [5, 5.41) is 3.37. The van der Waals surface area contributed by atoms with E-state index in [0.29, 0.717) is 17.9 Å².